The molecule has 2 heterocycles. The molecule has 0 spiro atoms. The van der Waals surface area contributed by atoms with Gasteiger partial charge in [0.2, 0.25) is 0 Å². The van der Waals surface area contributed by atoms with E-state index in [4.69, 9.17) is 4.42 Å². The molecule has 2 aromatic heterocycles. The molecule has 148 valence electrons. The van der Waals surface area contributed by atoms with Crippen molar-refractivity contribution in [2.24, 2.45) is 0 Å². The van der Waals surface area contributed by atoms with Gasteiger partial charge in [-0.05, 0) is 30.3 Å². The van der Waals surface area contributed by atoms with E-state index in [1.807, 2.05) is 0 Å². The normalized spacial score (nSPS) is 11.7. The lowest BCUT2D eigenvalue weighted by molar-refractivity contribution is 0.0998. The number of hydrogen-bond donors (Lipinski definition) is 1. The third-order valence-electron chi connectivity index (χ3n) is 4.27. The Morgan fingerprint density at radius 1 is 1.21 bits per heavy atom. The van der Waals surface area contributed by atoms with E-state index in [1.54, 1.807) is 36.5 Å². The predicted octanol–water partition coefficient (Wildman–Crippen LogP) is 3.55. The maximum Gasteiger partial charge on any atom is 0.291 e. The zero-order valence-electron chi connectivity index (χ0n) is 15.3. The van der Waals surface area contributed by atoms with Gasteiger partial charge >= 0.3 is 0 Å². The highest BCUT2D eigenvalue weighted by molar-refractivity contribution is 7.89. The third-order valence-corrected chi connectivity index (χ3v) is 5.08. The molecule has 4 rings (SSSR count). The lowest BCUT2D eigenvalue weighted by atomic mass is 10.1. The van der Waals surface area contributed by atoms with E-state index in [0.29, 0.717) is 11.0 Å². The lowest BCUT2D eigenvalue weighted by Gasteiger charge is -2.08. The van der Waals surface area contributed by atoms with Crippen LogP contribution >= 0.6 is 0 Å². The molecule has 0 unspecified atom stereocenters. The maximum atomic E-state index is 14.4. The fraction of sp³-hybridized carbons (Fsp3) is 0.100. The zero-order chi connectivity index (χ0) is 20.6. The molecule has 0 fully saturated rings. The van der Waals surface area contributed by atoms with Crippen LogP contribution in [-0.4, -0.2) is 30.4 Å². The molecule has 7 nitrogen and oxygen atoms in total. The second-order valence-electron chi connectivity index (χ2n) is 6.55. The number of nitrogens with one attached hydrogen (secondary N) is 1. The van der Waals surface area contributed by atoms with Crippen LogP contribution in [0.3, 0.4) is 0 Å². The Hall–Kier alpha value is -3.46. The number of halogens is 1. The minimum atomic E-state index is -3.41. The molecule has 1 amide bonds. The minimum Gasteiger partial charge on any atom is -0.451 e. The van der Waals surface area contributed by atoms with Gasteiger partial charge in [-0.25, -0.2) is 17.5 Å². The number of carbonyl (C=O) groups excluding carboxylic acids is 1. The number of anilines is 1. The molecule has 0 bridgehead atoms. The second-order valence-corrected chi connectivity index (χ2v) is 8.69. The molecule has 4 aromatic rings. The number of nitrogens with zero attached hydrogens (tertiary/aromatic N) is 2. The SMILES string of the molecule is CS(=O)(=O)Cc1c(C(=O)Nc2ccc(-n3cccn3)c(F)c2)oc2ccccc12. The third kappa shape index (κ3) is 3.90. The van der Waals surface area contributed by atoms with Crippen LogP contribution in [0.25, 0.3) is 16.7 Å². The number of furan rings is 1. The number of carbonyl (C=O) groups is 1. The number of sulfone groups is 1. The summed E-state index contributed by atoms with van der Waals surface area (Å²) in [6, 6.07) is 12.6. The Morgan fingerprint density at radius 2 is 2.00 bits per heavy atom. The molecule has 0 aliphatic rings. The molecule has 2 aromatic carbocycles. The Kier molecular flexibility index (Phi) is 4.67. The van der Waals surface area contributed by atoms with Crippen molar-refractivity contribution in [1.29, 1.82) is 0 Å². The van der Waals surface area contributed by atoms with Crippen LogP contribution in [0.4, 0.5) is 10.1 Å². The van der Waals surface area contributed by atoms with Crippen molar-refractivity contribution in [1.82, 2.24) is 9.78 Å². The van der Waals surface area contributed by atoms with Gasteiger partial charge in [-0.2, -0.15) is 5.10 Å². The highest BCUT2D eigenvalue weighted by atomic mass is 32.2. The summed E-state index contributed by atoms with van der Waals surface area (Å²) < 4.78 is 45.1. The second kappa shape index (κ2) is 7.17. The summed E-state index contributed by atoms with van der Waals surface area (Å²) in [5.41, 5.74) is 1.11. The number of para-hydroxylation sites is 1. The summed E-state index contributed by atoms with van der Waals surface area (Å²) in [7, 11) is -3.41. The van der Waals surface area contributed by atoms with Crippen molar-refractivity contribution in [3.05, 3.63) is 78.1 Å². The van der Waals surface area contributed by atoms with E-state index in [2.05, 4.69) is 10.4 Å². The Labute approximate surface area is 165 Å². The number of fused-ring (bicyclic) bond motifs is 1. The molecule has 0 aliphatic carbocycles. The molecular formula is C20H16FN3O4S. The van der Waals surface area contributed by atoms with Crippen LogP contribution in [0.2, 0.25) is 0 Å². The fourth-order valence-corrected chi connectivity index (χ4v) is 3.87. The quantitative estimate of drug-likeness (QED) is 0.540. The molecule has 1 N–H and O–H groups in total. The van der Waals surface area contributed by atoms with Crippen LogP contribution in [0.5, 0.6) is 0 Å². The molecular weight excluding hydrogens is 397 g/mol. The summed E-state index contributed by atoms with van der Waals surface area (Å²) in [6.07, 6.45) is 4.21. The van der Waals surface area contributed by atoms with Crippen LogP contribution in [0.15, 0.2) is 65.3 Å². The van der Waals surface area contributed by atoms with E-state index >= 15 is 0 Å². The topological polar surface area (TPSA) is 94.2 Å². The molecule has 9 heteroatoms. The van der Waals surface area contributed by atoms with Gasteiger partial charge in [-0.15, -0.1) is 0 Å². The smallest absolute Gasteiger partial charge is 0.291 e. The number of rotatable bonds is 5. The highest BCUT2D eigenvalue weighted by Crippen LogP contribution is 2.28. The van der Waals surface area contributed by atoms with E-state index in [1.165, 1.54) is 23.0 Å². The van der Waals surface area contributed by atoms with Crippen molar-refractivity contribution in [2.45, 2.75) is 5.75 Å². The first kappa shape index (κ1) is 18.9. The molecule has 0 aliphatic heterocycles. The van der Waals surface area contributed by atoms with Crippen molar-refractivity contribution in [2.75, 3.05) is 11.6 Å². The standard InChI is InChI=1S/C20H16FN3O4S/c1-29(26,27)12-15-14-5-2-3-6-18(14)28-19(15)20(25)23-13-7-8-17(16(21)11-13)24-10-4-9-22-24/h2-11H,12H2,1H3,(H,23,25). The van der Waals surface area contributed by atoms with Gasteiger partial charge in [0.05, 0.1) is 5.75 Å². The number of aromatic nitrogens is 2. The molecule has 0 saturated heterocycles. The molecule has 0 radical (unpaired) electrons. The number of hydrogen-bond acceptors (Lipinski definition) is 5. The Bertz CT molecular complexity index is 1310. The summed E-state index contributed by atoms with van der Waals surface area (Å²) >= 11 is 0. The van der Waals surface area contributed by atoms with Crippen LogP contribution in [0, 0.1) is 5.82 Å². The maximum absolute atomic E-state index is 14.4. The Morgan fingerprint density at radius 3 is 2.69 bits per heavy atom. The number of benzene rings is 2. The van der Waals surface area contributed by atoms with E-state index in [-0.39, 0.29) is 28.5 Å². The van der Waals surface area contributed by atoms with Crippen LogP contribution in [-0.2, 0) is 15.6 Å². The first-order chi connectivity index (χ1) is 13.8. The first-order valence-corrected chi connectivity index (χ1v) is 10.7. The minimum absolute atomic E-state index is 0.117. The average Bonchev–Trinajstić information content (AvgIpc) is 3.29. The average molecular weight is 413 g/mol. The fourth-order valence-electron chi connectivity index (χ4n) is 3.06. The zero-order valence-corrected chi connectivity index (χ0v) is 16.1. The van der Waals surface area contributed by atoms with E-state index in [9.17, 15) is 17.6 Å². The van der Waals surface area contributed by atoms with Crippen molar-refractivity contribution >= 4 is 32.4 Å². The van der Waals surface area contributed by atoms with Crippen molar-refractivity contribution in [3.63, 3.8) is 0 Å². The van der Waals surface area contributed by atoms with Gasteiger partial charge in [-0.1, -0.05) is 18.2 Å². The van der Waals surface area contributed by atoms with Gasteiger partial charge in [0.25, 0.3) is 5.91 Å². The first-order valence-electron chi connectivity index (χ1n) is 8.61. The largest absolute Gasteiger partial charge is 0.451 e. The van der Waals surface area contributed by atoms with E-state index < -0.39 is 21.6 Å². The van der Waals surface area contributed by atoms with Crippen LogP contribution in [0.1, 0.15) is 16.1 Å². The van der Waals surface area contributed by atoms with Crippen molar-refractivity contribution < 1.29 is 22.0 Å². The highest BCUT2D eigenvalue weighted by Gasteiger charge is 2.23. The van der Waals surface area contributed by atoms with Gasteiger partial charge in [0.1, 0.15) is 11.3 Å². The monoisotopic (exact) mass is 413 g/mol. The van der Waals surface area contributed by atoms with Gasteiger partial charge < -0.3 is 9.73 Å². The lowest BCUT2D eigenvalue weighted by Crippen LogP contribution is -2.15. The van der Waals surface area contributed by atoms with Crippen molar-refractivity contribution in [3.8, 4) is 5.69 Å². The molecule has 29 heavy (non-hydrogen) atoms. The summed E-state index contributed by atoms with van der Waals surface area (Å²) in [5, 5.41) is 7.08. The van der Waals surface area contributed by atoms with Crippen LogP contribution < -0.4 is 5.32 Å². The summed E-state index contributed by atoms with van der Waals surface area (Å²) in [6.45, 7) is 0. The summed E-state index contributed by atoms with van der Waals surface area (Å²) in [4.78, 5) is 12.8. The van der Waals surface area contributed by atoms with Gasteiger partial charge in [0, 0.05) is 35.3 Å². The van der Waals surface area contributed by atoms with E-state index in [0.717, 1.165) is 12.3 Å². The molecule has 0 atom stereocenters. The van der Waals surface area contributed by atoms with Gasteiger partial charge in [-0.3, -0.25) is 4.79 Å². The van der Waals surface area contributed by atoms with Gasteiger partial charge in [0.15, 0.2) is 21.4 Å². The summed E-state index contributed by atoms with van der Waals surface area (Å²) in [5.74, 6) is -1.70. The number of amides is 1. The molecule has 0 saturated carbocycles. The predicted molar refractivity (Wildman–Crippen MR) is 106 cm³/mol. The Balaban J connectivity index is 1.68.